The zero-order valence-electron chi connectivity index (χ0n) is 14.5. The number of imidazole rings is 1. The molecule has 0 N–H and O–H groups in total. The Morgan fingerprint density at radius 2 is 1.76 bits per heavy atom. The van der Waals surface area contributed by atoms with Crippen LogP contribution in [0.4, 0.5) is 0 Å². The summed E-state index contributed by atoms with van der Waals surface area (Å²) in [6, 6.07) is 0.233. The molecule has 1 unspecified atom stereocenters. The average molecular weight is 315 g/mol. The van der Waals surface area contributed by atoms with Crippen LogP contribution in [0.2, 0.25) is 0 Å². The minimum Gasteiger partial charge on any atom is -0.330 e. The highest BCUT2D eigenvalue weighted by atomic mass is 32.2. The van der Waals surface area contributed by atoms with Crippen LogP contribution < -0.4 is 0 Å². The molecule has 0 saturated heterocycles. The van der Waals surface area contributed by atoms with Gasteiger partial charge in [-0.2, -0.15) is 4.31 Å². The Labute approximate surface area is 129 Å². The van der Waals surface area contributed by atoms with Gasteiger partial charge in [-0.15, -0.1) is 0 Å². The van der Waals surface area contributed by atoms with Crippen molar-refractivity contribution in [3.8, 4) is 0 Å². The Morgan fingerprint density at radius 3 is 2.14 bits per heavy atom. The van der Waals surface area contributed by atoms with E-state index in [1.807, 2.05) is 20.8 Å². The van der Waals surface area contributed by atoms with Gasteiger partial charge in [-0.3, -0.25) is 0 Å². The molecule has 21 heavy (non-hydrogen) atoms. The summed E-state index contributed by atoms with van der Waals surface area (Å²) in [7, 11) is -3.28. The van der Waals surface area contributed by atoms with Crippen LogP contribution in [0.1, 0.15) is 60.2 Å². The summed E-state index contributed by atoms with van der Waals surface area (Å²) in [6.45, 7) is 14.7. The lowest BCUT2D eigenvalue weighted by molar-refractivity contribution is 0.222. The number of hydrogen-bond acceptors (Lipinski definition) is 3. The maximum atomic E-state index is 12.1. The van der Waals surface area contributed by atoms with Crippen molar-refractivity contribution in [2.75, 3.05) is 6.26 Å². The Morgan fingerprint density at radius 1 is 1.24 bits per heavy atom. The lowest BCUT2D eigenvalue weighted by Crippen LogP contribution is -2.44. The molecule has 0 amide bonds. The highest BCUT2D eigenvalue weighted by molar-refractivity contribution is 7.88. The average Bonchev–Trinajstić information content (AvgIpc) is 2.67. The molecule has 0 bridgehead atoms. The lowest BCUT2D eigenvalue weighted by atomic mass is 9.88. The van der Waals surface area contributed by atoms with E-state index in [1.54, 1.807) is 12.5 Å². The van der Waals surface area contributed by atoms with Crippen molar-refractivity contribution >= 4 is 10.0 Å². The minimum absolute atomic E-state index is 0.0765. The van der Waals surface area contributed by atoms with E-state index in [0.29, 0.717) is 6.54 Å². The maximum Gasteiger partial charge on any atom is 0.212 e. The predicted octanol–water partition coefficient (Wildman–Crippen LogP) is 3.05. The molecule has 1 aromatic rings. The van der Waals surface area contributed by atoms with E-state index >= 15 is 0 Å². The summed E-state index contributed by atoms with van der Waals surface area (Å²) in [4.78, 5) is 4.22. The van der Waals surface area contributed by atoms with Gasteiger partial charge in [0.15, 0.2) is 0 Å². The molecule has 0 aliphatic carbocycles. The molecule has 0 spiro atoms. The van der Waals surface area contributed by atoms with Gasteiger partial charge >= 0.3 is 0 Å². The monoisotopic (exact) mass is 315 g/mol. The molecule has 1 rings (SSSR count). The Kier molecular flexibility index (Phi) is 4.95. The molecular formula is C15H29N3O2S. The van der Waals surface area contributed by atoms with Gasteiger partial charge in [0.25, 0.3) is 0 Å². The van der Waals surface area contributed by atoms with Crippen molar-refractivity contribution in [2.45, 2.75) is 66.6 Å². The summed E-state index contributed by atoms with van der Waals surface area (Å²) in [5.41, 5.74) is 0.526. The van der Waals surface area contributed by atoms with E-state index in [9.17, 15) is 8.42 Å². The quantitative estimate of drug-likeness (QED) is 0.858. The van der Waals surface area contributed by atoms with Gasteiger partial charge in [0.2, 0.25) is 10.0 Å². The van der Waals surface area contributed by atoms with E-state index < -0.39 is 15.6 Å². The molecule has 0 radical (unpaired) electrons. The van der Waals surface area contributed by atoms with Crippen LogP contribution in [0.3, 0.4) is 0 Å². The zero-order chi connectivity index (χ0) is 16.6. The number of rotatable bonds is 4. The van der Waals surface area contributed by atoms with Gasteiger partial charge in [0.05, 0.1) is 24.8 Å². The van der Waals surface area contributed by atoms with Crippen molar-refractivity contribution in [3.05, 3.63) is 18.2 Å². The molecule has 5 nitrogen and oxygen atoms in total. The fourth-order valence-corrected chi connectivity index (χ4v) is 3.58. The Hall–Kier alpha value is -0.880. The minimum atomic E-state index is -3.28. The van der Waals surface area contributed by atoms with E-state index in [4.69, 9.17) is 0 Å². The third kappa shape index (κ3) is 4.54. The van der Waals surface area contributed by atoms with Crippen LogP contribution in [-0.2, 0) is 16.6 Å². The standard InChI is InChI=1S/C15H29N3O2S/c1-12(14(2,3)4)17-11-16-9-13(17)10-18(15(5,6)7)21(8,19)20/h9,11-12H,10H2,1-8H3. The summed E-state index contributed by atoms with van der Waals surface area (Å²) in [5.74, 6) is 0. The predicted molar refractivity (Wildman–Crippen MR) is 86.5 cm³/mol. The molecular weight excluding hydrogens is 286 g/mol. The molecule has 1 heterocycles. The van der Waals surface area contributed by atoms with Gasteiger partial charge in [0.1, 0.15) is 0 Å². The van der Waals surface area contributed by atoms with E-state index in [0.717, 1.165) is 5.69 Å². The smallest absolute Gasteiger partial charge is 0.212 e. The summed E-state index contributed by atoms with van der Waals surface area (Å²) < 4.78 is 27.7. The van der Waals surface area contributed by atoms with Crippen molar-refractivity contribution in [2.24, 2.45) is 5.41 Å². The second-order valence-electron chi connectivity index (χ2n) is 7.77. The molecule has 122 valence electrons. The maximum absolute atomic E-state index is 12.1. The van der Waals surface area contributed by atoms with Crippen LogP contribution in [-0.4, -0.2) is 34.1 Å². The Balaban J connectivity index is 3.17. The topological polar surface area (TPSA) is 55.2 Å². The fraction of sp³-hybridized carbons (Fsp3) is 0.800. The molecule has 6 heteroatoms. The number of nitrogens with zero attached hydrogens (tertiary/aromatic N) is 3. The fourth-order valence-electron chi connectivity index (χ4n) is 2.22. The van der Waals surface area contributed by atoms with Crippen molar-refractivity contribution in [3.63, 3.8) is 0 Å². The second kappa shape index (κ2) is 5.72. The highest BCUT2D eigenvalue weighted by Crippen LogP contribution is 2.31. The number of sulfonamides is 1. The third-order valence-electron chi connectivity index (χ3n) is 3.87. The summed E-state index contributed by atoms with van der Waals surface area (Å²) in [6.07, 6.45) is 4.80. The first kappa shape index (κ1) is 18.2. The SMILES string of the molecule is CC(n1cncc1CN(C(C)(C)C)S(C)(=O)=O)C(C)(C)C. The molecule has 0 aliphatic rings. The molecule has 0 fully saturated rings. The van der Waals surface area contributed by atoms with Gasteiger partial charge < -0.3 is 4.57 Å². The van der Waals surface area contributed by atoms with Crippen LogP contribution >= 0.6 is 0 Å². The normalized spacial score (nSPS) is 15.5. The van der Waals surface area contributed by atoms with E-state index in [-0.39, 0.29) is 11.5 Å². The zero-order valence-corrected chi connectivity index (χ0v) is 15.3. The molecule has 0 aromatic carbocycles. The lowest BCUT2D eigenvalue weighted by Gasteiger charge is -2.35. The first-order valence-electron chi connectivity index (χ1n) is 7.23. The third-order valence-corrected chi connectivity index (χ3v) is 5.35. The summed E-state index contributed by atoms with van der Waals surface area (Å²) in [5, 5.41) is 0. The first-order valence-corrected chi connectivity index (χ1v) is 9.08. The van der Waals surface area contributed by atoms with Crippen LogP contribution in [0.5, 0.6) is 0 Å². The van der Waals surface area contributed by atoms with Crippen molar-refractivity contribution in [1.29, 1.82) is 0 Å². The largest absolute Gasteiger partial charge is 0.330 e. The van der Waals surface area contributed by atoms with Gasteiger partial charge in [-0.1, -0.05) is 20.8 Å². The number of aromatic nitrogens is 2. The van der Waals surface area contributed by atoms with Crippen molar-refractivity contribution < 1.29 is 8.42 Å². The highest BCUT2D eigenvalue weighted by Gasteiger charge is 2.31. The van der Waals surface area contributed by atoms with E-state index in [1.165, 1.54) is 10.6 Å². The first-order chi connectivity index (χ1) is 9.24. The molecule has 0 saturated carbocycles. The van der Waals surface area contributed by atoms with Crippen LogP contribution in [0, 0.1) is 5.41 Å². The molecule has 0 aliphatic heterocycles. The van der Waals surface area contributed by atoms with E-state index in [2.05, 4.69) is 37.2 Å². The van der Waals surface area contributed by atoms with Crippen LogP contribution in [0.25, 0.3) is 0 Å². The molecule has 1 aromatic heterocycles. The molecule has 1 atom stereocenters. The van der Waals surface area contributed by atoms with Gasteiger partial charge in [-0.05, 0) is 33.1 Å². The van der Waals surface area contributed by atoms with Crippen molar-refractivity contribution in [1.82, 2.24) is 13.9 Å². The second-order valence-corrected chi connectivity index (χ2v) is 9.68. The van der Waals surface area contributed by atoms with Gasteiger partial charge in [0, 0.05) is 17.8 Å². The Bertz CT molecular complexity index is 577. The van der Waals surface area contributed by atoms with Gasteiger partial charge in [-0.25, -0.2) is 13.4 Å². The number of hydrogen-bond donors (Lipinski definition) is 0. The van der Waals surface area contributed by atoms with Crippen LogP contribution in [0.15, 0.2) is 12.5 Å². The summed E-state index contributed by atoms with van der Waals surface area (Å²) >= 11 is 0.